The van der Waals surface area contributed by atoms with Gasteiger partial charge >= 0.3 is 0 Å². The van der Waals surface area contributed by atoms with E-state index >= 15 is 0 Å². The first-order valence-corrected chi connectivity index (χ1v) is 8.99. The van der Waals surface area contributed by atoms with Crippen molar-refractivity contribution in [2.45, 2.75) is 44.8 Å². The summed E-state index contributed by atoms with van der Waals surface area (Å²) in [5.41, 5.74) is 0. The van der Waals surface area contributed by atoms with Crippen LogP contribution in [0.4, 0.5) is 0 Å². The maximum atomic E-state index is 12.8. The predicted molar refractivity (Wildman–Crippen MR) is 78.8 cm³/mol. The molecule has 0 aliphatic carbocycles. The van der Waals surface area contributed by atoms with Gasteiger partial charge in [-0.2, -0.15) is 17.0 Å². The molecule has 6 nitrogen and oxygen atoms in total. The van der Waals surface area contributed by atoms with Gasteiger partial charge in [-0.25, -0.2) is 0 Å². The summed E-state index contributed by atoms with van der Waals surface area (Å²) in [6.45, 7) is 5.46. The minimum atomic E-state index is -3.33. The van der Waals surface area contributed by atoms with Gasteiger partial charge in [0.25, 0.3) is 10.2 Å². The van der Waals surface area contributed by atoms with Crippen LogP contribution in [-0.4, -0.2) is 69.0 Å². The number of rotatable bonds is 6. The molecular weight excluding hydrogens is 278 g/mol. The largest absolute Gasteiger partial charge is 0.381 e. The van der Waals surface area contributed by atoms with E-state index in [-0.39, 0.29) is 12.1 Å². The standard InChI is InChI=1S/C13H27N3O3S/c1-3-8-16(12-4-7-14-11-12)20(17,18)15-9-5-13(19-2)6-10-15/h12-14H,3-11H2,1-2H3. The Labute approximate surface area is 122 Å². The third kappa shape index (κ3) is 3.51. The number of nitrogens with zero attached hydrogens (tertiary/aromatic N) is 2. The van der Waals surface area contributed by atoms with Crippen molar-refractivity contribution in [3.63, 3.8) is 0 Å². The van der Waals surface area contributed by atoms with Crippen molar-refractivity contribution in [1.29, 1.82) is 0 Å². The fourth-order valence-corrected chi connectivity index (χ4v) is 4.98. The molecule has 2 saturated heterocycles. The molecule has 0 saturated carbocycles. The van der Waals surface area contributed by atoms with Crippen molar-refractivity contribution in [3.8, 4) is 0 Å². The normalized spacial score (nSPS) is 26.4. The Hall–Kier alpha value is -0.210. The molecule has 0 aromatic carbocycles. The van der Waals surface area contributed by atoms with Crippen LogP contribution in [-0.2, 0) is 14.9 Å². The zero-order chi connectivity index (χ0) is 14.6. The van der Waals surface area contributed by atoms with Gasteiger partial charge in [0.15, 0.2) is 0 Å². The number of nitrogens with one attached hydrogen (secondary N) is 1. The SMILES string of the molecule is CCCN(C1CCNC1)S(=O)(=O)N1CCC(OC)CC1. The minimum absolute atomic E-state index is 0.111. The highest BCUT2D eigenvalue weighted by Gasteiger charge is 2.37. The molecule has 2 aliphatic rings. The first kappa shape index (κ1) is 16.2. The lowest BCUT2D eigenvalue weighted by molar-refractivity contribution is 0.0587. The van der Waals surface area contributed by atoms with E-state index in [0.29, 0.717) is 19.6 Å². The Morgan fingerprint density at radius 2 is 2.00 bits per heavy atom. The van der Waals surface area contributed by atoms with Gasteiger partial charge in [0, 0.05) is 39.3 Å². The molecule has 7 heteroatoms. The Kier molecular flexibility index (Phi) is 5.80. The van der Waals surface area contributed by atoms with Crippen LogP contribution in [0.2, 0.25) is 0 Å². The Morgan fingerprint density at radius 1 is 1.30 bits per heavy atom. The highest BCUT2D eigenvalue weighted by Crippen LogP contribution is 2.22. The number of methoxy groups -OCH3 is 1. The fraction of sp³-hybridized carbons (Fsp3) is 1.00. The van der Waals surface area contributed by atoms with Crippen molar-refractivity contribution in [3.05, 3.63) is 0 Å². The van der Waals surface area contributed by atoms with E-state index < -0.39 is 10.2 Å². The van der Waals surface area contributed by atoms with E-state index in [4.69, 9.17) is 4.74 Å². The van der Waals surface area contributed by atoms with Crippen molar-refractivity contribution in [1.82, 2.24) is 13.9 Å². The van der Waals surface area contributed by atoms with Gasteiger partial charge in [-0.05, 0) is 32.2 Å². The van der Waals surface area contributed by atoms with Gasteiger partial charge in [-0.1, -0.05) is 6.92 Å². The van der Waals surface area contributed by atoms with Crippen LogP contribution in [0.25, 0.3) is 0 Å². The molecule has 0 amide bonds. The Balaban J connectivity index is 2.06. The fourth-order valence-electron chi connectivity index (χ4n) is 3.04. The molecule has 0 radical (unpaired) electrons. The molecule has 1 N–H and O–H groups in total. The van der Waals surface area contributed by atoms with Gasteiger partial charge in [0.05, 0.1) is 6.10 Å². The maximum absolute atomic E-state index is 12.8. The van der Waals surface area contributed by atoms with E-state index in [0.717, 1.165) is 38.8 Å². The summed E-state index contributed by atoms with van der Waals surface area (Å²) in [7, 11) is -1.63. The molecule has 0 spiro atoms. The summed E-state index contributed by atoms with van der Waals surface area (Å²) in [4.78, 5) is 0. The maximum Gasteiger partial charge on any atom is 0.282 e. The van der Waals surface area contributed by atoms with Crippen LogP contribution in [0.5, 0.6) is 0 Å². The van der Waals surface area contributed by atoms with Crippen molar-refractivity contribution in [2.75, 3.05) is 39.8 Å². The van der Waals surface area contributed by atoms with Gasteiger partial charge in [0.2, 0.25) is 0 Å². The molecule has 2 aliphatic heterocycles. The molecule has 1 unspecified atom stereocenters. The van der Waals surface area contributed by atoms with Gasteiger partial charge in [-0.3, -0.25) is 0 Å². The summed E-state index contributed by atoms with van der Waals surface area (Å²) < 4.78 is 34.3. The summed E-state index contributed by atoms with van der Waals surface area (Å²) in [5, 5.41) is 3.26. The second-order valence-corrected chi connectivity index (χ2v) is 7.48. The van der Waals surface area contributed by atoms with E-state index in [1.54, 1.807) is 15.7 Å². The molecule has 2 rings (SSSR count). The number of piperidine rings is 1. The van der Waals surface area contributed by atoms with Crippen molar-refractivity contribution < 1.29 is 13.2 Å². The van der Waals surface area contributed by atoms with Crippen molar-refractivity contribution in [2.24, 2.45) is 0 Å². The predicted octanol–water partition coefficient (Wildman–Crippen LogP) is 0.416. The average molecular weight is 305 g/mol. The second-order valence-electron chi connectivity index (χ2n) is 5.60. The van der Waals surface area contributed by atoms with Crippen molar-refractivity contribution >= 4 is 10.2 Å². The molecule has 2 heterocycles. The summed E-state index contributed by atoms with van der Waals surface area (Å²) in [6.07, 6.45) is 3.55. The number of hydrogen-bond donors (Lipinski definition) is 1. The van der Waals surface area contributed by atoms with E-state index in [1.807, 2.05) is 6.92 Å². The summed E-state index contributed by atoms with van der Waals surface area (Å²) in [5.74, 6) is 0. The first-order chi connectivity index (χ1) is 9.59. The van der Waals surface area contributed by atoms with Crippen LogP contribution in [0, 0.1) is 0 Å². The molecule has 0 aromatic heterocycles. The molecule has 0 aromatic rings. The van der Waals surface area contributed by atoms with Gasteiger partial charge in [-0.15, -0.1) is 0 Å². The van der Waals surface area contributed by atoms with Crippen LogP contribution in [0.15, 0.2) is 0 Å². The topological polar surface area (TPSA) is 61.9 Å². The highest BCUT2D eigenvalue weighted by molar-refractivity contribution is 7.86. The third-order valence-electron chi connectivity index (χ3n) is 4.24. The van der Waals surface area contributed by atoms with Crippen LogP contribution >= 0.6 is 0 Å². The molecule has 2 fully saturated rings. The number of ether oxygens (including phenoxy) is 1. The Bertz CT molecular complexity index is 388. The molecule has 0 bridgehead atoms. The van der Waals surface area contributed by atoms with E-state index in [1.165, 1.54) is 0 Å². The lowest BCUT2D eigenvalue weighted by atomic mass is 10.1. The summed E-state index contributed by atoms with van der Waals surface area (Å²) >= 11 is 0. The van der Waals surface area contributed by atoms with Gasteiger partial charge < -0.3 is 10.1 Å². The van der Waals surface area contributed by atoms with E-state index in [2.05, 4.69) is 5.32 Å². The average Bonchev–Trinajstić information content (AvgIpc) is 2.98. The van der Waals surface area contributed by atoms with Crippen LogP contribution in [0.3, 0.4) is 0 Å². The third-order valence-corrected chi connectivity index (χ3v) is 6.33. The lowest BCUT2D eigenvalue weighted by Crippen LogP contribution is -2.52. The molecule has 20 heavy (non-hydrogen) atoms. The monoisotopic (exact) mass is 305 g/mol. The zero-order valence-corrected chi connectivity index (χ0v) is 13.4. The van der Waals surface area contributed by atoms with Crippen LogP contribution in [0.1, 0.15) is 32.6 Å². The summed E-state index contributed by atoms with van der Waals surface area (Å²) in [6, 6.07) is 0.111. The Morgan fingerprint density at radius 3 is 2.50 bits per heavy atom. The van der Waals surface area contributed by atoms with E-state index in [9.17, 15) is 8.42 Å². The minimum Gasteiger partial charge on any atom is -0.381 e. The molecule has 118 valence electrons. The first-order valence-electron chi connectivity index (χ1n) is 7.60. The van der Waals surface area contributed by atoms with Crippen LogP contribution < -0.4 is 5.32 Å². The second kappa shape index (κ2) is 7.17. The smallest absolute Gasteiger partial charge is 0.282 e. The lowest BCUT2D eigenvalue weighted by Gasteiger charge is -2.36. The molecule has 1 atom stereocenters. The van der Waals surface area contributed by atoms with Gasteiger partial charge in [0.1, 0.15) is 0 Å². The quantitative estimate of drug-likeness (QED) is 0.772. The number of hydrogen-bond acceptors (Lipinski definition) is 4. The zero-order valence-electron chi connectivity index (χ0n) is 12.5. The molecular formula is C13H27N3O3S. The highest BCUT2D eigenvalue weighted by atomic mass is 32.2.